The number of carbonyl (C=O) groups is 1. The SMILES string of the molecule is CCCCCCCCCC(=O)c1cc(C)c(C)cc1C. The number of rotatable bonds is 9. The Bertz CT molecular complexity index is 432. The fraction of sp³-hybridized carbons (Fsp3) is 0.632. The molecule has 1 heteroatoms. The highest BCUT2D eigenvalue weighted by Gasteiger charge is 2.10. The summed E-state index contributed by atoms with van der Waals surface area (Å²) in [6.45, 7) is 8.47. The van der Waals surface area contributed by atoms with Gasteiger partial charge < -0.3 is 0 Å². The van der Waals surface area contributed by atoms with Crippen molar-refractivity contribution in [2.45, 2.75) is 79.1 Å². The quantitative estimate of drug-likeness (QED) is 0.402. The lowest BCUT2D eigenvalue weighted by atomic mass is 9.95. The van der Waals surface area contributed by atoms with E-state index in [0.717, 1.165) is 17.5 Å². The summed E-state index contributed by atoms with van der Waals surface area (Å²) in [7, 11) is 0. The van der Waals surface area contributed by atoms with Crippen molar-refractivity contribution in [1.29, 1.82) is 0 Å². The number of carbonyl (C=O) groups excluding carboxylic acids is 1. The van der Waals surface area contributed by atoms with Gasteiger partial charge in [-0.25, -0.2) is 0 Å². The summed E-state index contributed by atoms with van der Waals surface area (Å²) in [5.74, 6) is 0.319. The molecule has 0 unspecified atom stereocenters. The molecule has 0 aliphatic rings. The van der Waals surface area contributed by atoms with Crippen molar-refractivity contribution >= 4 is 5.78 Å². The first kappa shape index (κ1) is 16.9. The van der Waals surface area contributed by atoms with Crippen molar-refractivity contribution < 1.29 is 4.79 Å². The van der Waals surface area contributed by atoms with E-state index in [1.165, 1.54) is 49.7 Å². The smallest absolute Gasteiger partial charge is 0.163 e. The van der Waals surface area contributed by atoms with Crippen molar-refractivity contribution in [3.05, 3.63) is 34.4 Å². The standard InChI is InChI=1S/C19H30O/c1-5-6-7-8-9-10-11-12-19(20)18-14-16(3)15(2)13-17(18)4/h13-14H,5-12H2,1-4H3. The van der Waals surface area contributed by atoms with Gasteiger partial charge in [0.05, 0.1) is 0 Å². The fourth-order valence-corrected chi connectivity index (χ4v) is 2.64. The number of benzene rings is 1. The molecule has 0 aliphatic heterocycles. The van der Waals surface area contributed by atoms with E-state index < -0.39 is 0 Å². The first-order chi connectivity index (χ1) is 9.56. The molecule has 0 atom stereocenters. The molecule has 1 aromatic rings. The topological polar surface area (TPSA) is 17.1 Å². The lowest BCUT2D eigenvalue weighted by Crippen LogP contribution is -2.03. The highest BCUT2D eigenvalue weighted by Crippen LogP contribution is 2.18. The molecule has 0 saturated heterocycles. The normalized spacial score (nSPS) is 10.8. The third-order valence-corrected chi connectivity index (χ3v) is 4.15. The molecule has 112 valence electrons. The lowest BCUT2D eigenvalue weighted by Gasteiger charge is -2.09. The van der Waals surface area contributed by atoms with E-state index in [2.05, 4.69) is 32.9 Å². The molecule has 0 heterocycles. The molecule has 0 N–H and O–H groups in total. The lowest BCUT2D eigenvalue weighted by molar-refractivity contribution is 0.0978. The second kappa shape index (κ2) is 8.94. The summed E-state index contributed by atoms with van der Waals surface area (Å²) in [6, 6.07) is 4.20. The second-order valence-corrected chi connectivity index (χ2v) is 6.05. The molecule has 0 amide bonds. The number of unbranched alkanes of at least 4 members (excludes halogenated alkanes) is 6. The molecule has 1 rings (SSSR count). The molecule has 1 aromatic carbocycles. The molecule has 0 saturated carbocycles. The van der Waals surface area contributed by atoms with Crippen LogP contribution in [-0.2, 0) is 0 Å². The predicted molar refractivity (Wildman–Crippen MR) is 87.6 cm³/mol. The minimum absolute atomic E-state index is 0.319. The summed E-state index contributed by atoms with van der Waals surface area (Å²) in [6.07, 6.45) is 9.53. The van der Waals surface area contributed by atoms with E-state index in [4.69, 9.17) is 0 Å². The molecule has 0 aromatic heterocycles. The van der Waals surface area contributed by atoms with Crippen molar-refractivity contribution in [3.63, 3.8) is 0 Å². The molecule has 0 radical (unpaired) electrons. The molecular formula is C19H30O. The van der Waals surface area contributed by atoms with Gasteiger partial charge in [-0.15, -0.1) is 0 Å². The fourth-order valence-electron chi connectivity index (χ4n) is 2.64. The largest absolute Gasteiger partial charge is 0.294 e. The van der Waals surface area contributed by atoms with Crippen LogP contribution in [0, 0.1) is 20.8 Å². The first-order valence-electron chi connectivity index (χ1n) is 8.17. The number of aryl methyl sites for hydroxylation is 3. The van der Waals surface area contributed by atoms with E-state index in [0.29, 0.717) is 12.2 Å². The number of hydrogen-bond acceptors (Lipinski definition) is 1. The third kappa shape index (κ3) is 5.48. The minimum atomic E-state index is 0.319. The summed E-state index contributed by atoms with van der Waals surface area (Å²) in [5, 5.41) is 0. The van der Waals surface area contributed by atoms with Gasteiger partial charge in [0.25, 0.3) is 0 Å². The molecule has 0 aliphatic carbocycles. The van der Waals surface area contributed by atoms with Crippen molar-refractivity contribution in [2.24, 2.45) is 0 Å². The van der Waals surface area contributed by atoms with Crippen molar-refractivity contribution in [3.8, 4) is 0 Å². The number of Topliss-reactive ketones (excluding diaryl/α,β-unsaturated/α-hetero) is 1. The van der Waals surface area contributed by atoms with E-state index in [9.17, 15) is 4.79 Å². The van der Waals surface area contributed by atoms with Crippen LogP contribution < -0.4 is 0 Å². The van der Waals surface area contributed by atoms with E-state index in [1.807, 2.05) is 6.92 Å². The van der Waals surface area contributed by atoms with Crippen LogP contribution in [0.3, 0.4) is 0 Å². The van der Waals surface area contributed by atoms with Gasteiger partial charge in [-0.2, -0.15) is 0 Å². The van der Waals surface area contributed by atoms with Gasteiger partial charge in [0.15, 0.2) is 5.78 Å². The Balaban J connectivity index is 2.34. The Morgan fingerprint density at radius 1 is 0.800 bits per heavy atom. The summed E-state index contributed by atoms with van der Waals surface area (Å²) in [4.78, 5) is 12.3. The predicted octanol–water partition coefficient (Wildman–Crippen LogP) is 5.94. The molecule has 0 fully saturated rings. The van der Waals surface area contributed by atoms with Gasteiger partial charge in [-0.3, -0.25) is 4.79 Å². The maximum absolute atomic E-state index is 12.3. The maximum atomic E-state index is 12.3. The van der Waals surface area contributed by atoms with Gasteiger partial charge in [0.1, 0.15) is 0 Å². The van der Waals surface area contributed by atoms with Gasteiger partial charge in [-0.1, -0.05) is 51.5 Å². The van der Waals surface area contributed by atoms with Crippen LogP contribution in [0.25, 0.3) is 0 Å². The van der Waals surface area contributed by atoms with Gasteiger partial charge in [-0.05, 0) is 49.9 Å². The monoisotopic (exact) mass is 274 g/mol. The number of ketones is 1. The van der Waals surface area contributed by atoms with Crippen molar-refractivity contribution in [1.82, 2.24) is 0 Å². The van der Waals surface area contributed by atoms with Gasteiger partial charge in [0, 0.05) is 12.0 Å². The van der Waals surface area contributed by atoms with E-state index in [-0.39, 0.29) is 0 Å². The Hall–Kier alpha value is -1.11. The van der Waals surface area contributed by atoms with Crippen LogP contribution in [0.5, 0.6) is 0 Å². The van der Waals surface area contributed by atoms with E-state index >= 15 is 0 Å². The molecule has 0 spiro atoms. The van der Waals surface area contributed by atoms with Crippen LogP contribution in [0.1, 0.15) is 85.3 Å². The molecular weight excluding hydrogens is 244 g/mol. The van der Waals surface area contributed by atoms with Crippen LogP contribution in [-0.4, -0.2) is 5.78 Å². The van der Waals surface area contributed by atoms with Gasteiger partial charge >= 0.3 is 0 Å². The molecule has 0 bridgehead atoms. The third-order valence-electron chi connectivity index (χ3n) is 4.15. The highest BCUT2D eigenvalue weighted by molar-refractivity contribution is 5.97. The van der Waals surface area contributed by atoms with Crippen LogP contribution >= 0.6 is 0 Å². The Morgan fingerprint density at radius 3 is 2.00 bits per heavy atom. The highest BCUT2D eigenvalue weighted by atomic mass is 16.1. The zero-order valence-corrected chi connectivity index (χ0v) is 13.7. The second-order valence-electron chi connectivity index (χ2n) is 6.05. The zero-order valence-electron chi connectivity index (χ0n) is 13.7. The van der Waals surface area contributed by atoms with Crippen LogP contribution in [0.2, 0.25) is 0 Å². The summed E-state index contributed by atoms with van der Waals surface area (Å²) >= 11 is 0. The van der Waals surface area contributed by atoms with Crippen molar-refractivity contribution in [2.75, 3.05) is 0 Å². The Labute approximate surface area is 124 Å². The zero-order chi connectivity index (χ0) is 15.0. The minimum Gasteiger partial charge on any atom is -0.294 e. The van der Waals surface area contributed by atoms with E-state index in [1.54, 1.807) is 0 Å². The van der Waals surface area contributed by atoms with Gasteiger partial charge in [0.2, 0.25) is 0 Å². The Kier molecular flexibility index (Phi) is 7.58. The molecule has 20 heavy (non-hydrogen) atoms. The molecule has 1 nitrogen and oxygen atoms in total. The van der Waals surface area contributed by atoms with Crippen LogP contribution in [0.15, 0.2) is 12.1 Å². The Morgan fingerprint density at radius 2 is 1.35 bits per heavy atom. The number of hydrogen-bond donors (Lipinski definition) is 0. The average molecular weight is 274 g/mol. The summed E-state index contributed by atoms with van der Waals surface area (Å²) in [5.41, 5.74) is 4.55. The average Bonchev–Trinajstić information content (AvgIpc) is 2.41. The summed E-state index contributed by atoms with van der Waals surface area (Å²) < 4.78 is 0. The van der Waals surface area contributed by atoms with Crippen LogP contribution in [0.4, 0.5) is 0 Å². The first-order valence-corrected chi connectivity index (χ1v) is 8.17. The maximum Gasteiger partial charge on any atom is 0.163 e.